The van der Waals surface area contributed by atoms with Gasteiger partial charge < -0.3 is 14.9 Å². The van der Waals surface area contributed by atoms with Crippen molar-refractivity contribution in [2.75, 3.05) is 19.6 Å². The van der Waals surface area contributed by atoms with Crippen LogP contribution < -0.4 is 0 Å². The van der Waals surface area contributed by atoms with Crippen molar-refractivity contribution in [3.05, 3.63) is 12.2 Å². The zero-order valence-electron chi connectivity index (χ0n) is 9.97. The number of aliphatic carboxylic acids is 1. The van der Waals surface area contributed by atoms with Gasteiger partial charge in [0.25, 0.3) is 0 Å². The summed E-state index contributed by atoms with van der Waals surface area (Å²) in [5, 5.41) is 8.67. The van der Waals surface area contributed by atoms with E-state index in [0.29, 0.717) is 13.1 Å². The Morgan fingerprint density at radius 2 is 1.94 bits per heavy atom. The molecule has 0 aromatic heterocycles. The summed E-state index contributed by atoms with van der Waals surface area (Å²) in [6.07, 6.45) is 0. The van der Waals surface area contributed by atoms with Gasteiger partial charge in [0.2, 0.25) is 0 Å². The van der Waals surface area contributed by atoms with Crippen LogP contribution in [-0.2, 0) is 14.4 Å². The van der Waals surface area contributed by atoms with Crippen molar-refractivity contribution in [2.45, 2.75) is 19.9 Å². The second-order valence-corrected chi connectivity index (χ2v) is 4.23. The van der Waals surface area contributed by atoms with Crippen molar-refractivity contribution in [1.29, 1.82) is 0 Å². The van der Waals surface area contributed by atoms with Crippen LogP contribution in [0.15, 0.2) is 12.2 Å². The molecular weight excluding hydrogens is 224 g/mol. The summed E-state index contributed by atoms with van der Waals surface area (Å²) in [5.41, 5.74) is -0.0934. The van der Waals surface area contributed by atoms with E-state index in [1.165, 1.54) is 9.80 Å². The topological polar surface area (TPSA) is 77.9 Å². The van der Waals surface area contributed by atoms with Gasteiger partial charge in [0.15, 0.2) is 0 Å². The highest BCUT2D eigenvalue weighted by Gasteiger charge is 2.34. The van der Waals surface area contributed by atoms with E-state index < -0.39 is 17.8 Å². The van der Waals surface area contributed by atoms with Gasteiger partial charge in [-0.1, -0.05) is 6.58 Å². The van der Waals surface area contributed by atoms with Crippen LogP contribution in [-0.4, -0.2) is 58.4 Å². The molecule has 0 saturated carbocycles. The van der Waals surface area contributed by atoms with Gasteiger partial charge in [0.05, 0.1) is 6.54 Å². The van der Waals surface area contributed by atoms with E-state index in [9.17, 15) is 14.4 Å². The third kappa shape index (κ3) is 2.83. The lowest BCUT2D eigenvalue weighted by atomic mass is 10.2. The number of hydrogen-bond donors (Lipinski definition) is 1. The number of carboxylic acids is 1. The van der Waals surface area contributed by atoms with Gasteiger partial charge in [-0.25, -0.2) is 4.79 Å². The van der Waals surface area contributed by atoms with Crippen molar-refractivity contribution in [2.24, 2.45) is 0 Å². The Morgan fingerprint density at radius 1 is 1.35 bits per heavy atom. The standard InChI is InChI=1S/C11H16N2O4/c1-7(2)13-5-4-12(9(14)10(13)15)6-8(3)11(16)17/h7H,3-6H2,1-2H3,(H,16,17). The Hall–Kier alpha value is -1.85. The number of carbonyl (C=O) groups is 3. The lowest BCUT2D eigenvalue weighted by molar-refractivity contribution is -0.157. The van der Waals surface area contributed by atoms with Crippen molar-refractivity contribution >= 4 is 17.8 Å². The maximum atomic E-state index is 11.7. The number of amides is 2. The lowest BCUT2D eigenvalue weighted by Gasteiger charge is -2.35. The second-order valence-electron chi connectivity index (χ2n) is 4.23. The Labute approximate surface area is 99.5 Å². The van der Waals surface area contributed by atoms with Crippen LogP contribution in [0.4, 0.5) is 0 Å². The van der Waals surface area contributed by atoms with Crippen molar-refractivity contribution in [3.63, 3.8) is 0 Å². The van der Waals surface area contributed by atoms with E-state index in [4.69, 9.17) is 5.11 Å². The molecule has 1 saturated heterocycles. The van der Waals surface area contributed by atoms with E-state index in [0.717, 1.165) is 0 Å². The highest BCUT2D eigenvalue weighted by Crippen LogP contribution is 2.10. The van der Waals surface area contributed by atoms with Gasteiger partial charge in [-0.05, 0) is 13.8 Å². The van der Waals surface area contributed by atoms with Crippen LogP contribution in [0, 0.1) is 0 Å². The van der Waals surface area contributed by atoms with E-state index in [1.54, 1.807) is 0 Å². The Kier molecular flexibility index (Phi) is 3.88. The van der Waals surface area contributed by atoms with Gasteiger partial charge in [-0.15, -0.1) is 0 Å². The molecule has 6 heteroatoms. The molecule has 1 rings (SSSR count). The molecule has 0 aromatic carbocycles. The molecule has 0 aliphatic carbocycles. The molecule has 1 fully saturated rings. The Morgan fingerprint density at radius 3 is 2.41 bits per heavy atom. The molecule has 0 atom stereocenters. The molecule has 94 valence electrons. The molecule has 6 nitrogen and oxygen atoms in total. The van der Waals surface area contributed by atoms with Crippen molar-refractivity contribution in [3.8, 4) is 0 Å². The number of carbonyl (C=O) groups excluding carboxylic acids is 2. The molecule has 1 aliphatic heterocycles. The average molecular weight is 240 g/mol. The largest absolute Gasteiger partial charge is 0.478 e. The molecular formula is C11H16N2O4. The van der Waals surface area contributed by atoms with E-state index >= 15 is 0 Å². The normalized spacial score (nSPS) is 16.6. The summed E-state index contributed by atoms with van der Waals surface area (Å²) in [6.45, 7) is 7.67. The maximum Gasteiger partial charge on any atom is 0.332 e. The number of hydrogen-bond acceptors (Lipinski definition) is 3. The van der Waals surface area contributed by atoms with Crippen LogP contribution in [0.2, 0.25) is 0 Å². The predicted octanol–water partition coefficient (Wildman–Crippen LogP) is -0.294. The van der Waals surface area contributed by atoms with Crippen LogP contribution >= 0.6 is 0 Å². The van der Waals surface area contributed by atoms with Crippen LogP contribution in [0.3, 0.4) is 0 Å². The smallest absolute Gasteiger partial charge is 0.332 e. The lowest BCUT2D eigenvalue weighted by Crippen LogP contribution is -2.56. The summed E-state index contributed by atoms with van der Waals surface area (Å²) in [7, 11) is 0. The molecule has 0 radical (unpaired) electrons. The molecule has 2 amide bonds. The van der Waals surface area contributed by atoms with E-state index in [-0.39, 0.29) is 18.2 Å². The summed E-state index contributed by atoms with van der Waals surface area (Å²) in [4.78, 5) is 36.7. The zero-order chi connectivity index (χ0) is 13.2. The number of nitrogens with zero attached hydrogens (tertiary/aromatic N) is 2. The predicted molar refractivity (Wildman–Crippen MR) is 60.2 cm³/mol. The quantitative estimate of drug-likeness (QED) is 0.541. The van der Waals surface area contributed by atoms with Gasteiger partial charge in [-0.3, -0.25) is 9.59 Å². The van der Waals surface area contributed by atoms with Crippen LogP contribution in [0.5, 0.6) is 0 Å². The number of rotatable bonds is 4. The summed E-state index contributed by atoms with van der Waals surface area (Å²) >= 11 is 0. The first-order valence-electron chi connectivity index (χ1n) is 5.35. The van der Waals surface area contributed by atoms with Gasteiger partial charge >= 0.3 is 17.8 Å². The SMILES string of the molecule is C=C(CN1CCN(C(C)C)C(=O)C1=O)C(=O)O. The molecule has 1 heterocycles. The first kappa shape index (κ1) is 13.2. The molecule has 0 unspecified atom stereocenters. The number of carboxylic acid groups (broad SMARTS) is 1. The Balaban J connectivity index is 2.69. The zero-order valence-corrected chi connectivity index (χ0v) is 9.97. The average Bonchev–Trinajstić information content (AvgIpc) is 2.24. The molecule has 17 heavy (non-hydrogen) atoms. The molecule has 1 aliphatic rings. The molecule has 1 N–H and O–H groups in total. The summed E-state index contributed by atoms with van der Waals surface area (Å²) < 4.78 is 0. The summed E-state index contributed by atoms with van der Waals surface area (Å²) in [6, 6.07) is -0.0312. The van der Waals surface area contributed by atoms with Gasteiger partial charge in [0.1, 0.15) is 0 Å². The fourth-order valence-electron chi connectivity index (χ4n) is 1.63. The fourth-order valence-corrected chi connectivity index (χ4v) is 1.63. The Bertz CT molecular complexity index is 376. The highest BCUT2D eigenvalue weighted by atomic mass is 16.4. The maximum absolute atomic E-state index is 11.7. The first-order chi connectivity index (χ1) is 7.84. The van der Waals surface area contributed by atoms with Crippen LogP contribution in [0.1, 0.15) is 13.8 Å². The molecule has 0 aromatic rings. The third-order valence-corrected chi connectivity index (χ3v) is 2.65. The van der Waals surface area contributed by atoms with E-state index in [2.05, 4.69) is 6.58 Å². The second kappa shape index (κ2) is 4.99. The summed E-state index contributed by atoms with van der Waals surface area (Å²) in [5.74, 6) is -2.40. The van der Waals surface area contributed by atoms with Crippen LogP contribution in [0.25, 0.3) is 0 Å². The minimum atomic E-state index is -1.16. The van der Waals surface area contributed by atoms with Gasteiger partial charge in [-0.2, -0.15) is 0 Å². The van der Waals surface area contributed by atoms with Crippen molar-refractivity contribution < 1.29 is 19.5 Å². The fraction of sp³-hybridized carbons (Fsp3) is 0.545. The first-order valence-corrected chi connectivity index (χ1v) is 5.35. The minimum absolute atomic E-state index is 0.0312. The van der Waals surface area contributed by atoms with E-state index in [1.807, 2.05) is 13.8 Å². The molecule has 0 bridgehead atoms. The number of piperazine rings is 1. The molecule has 0 spiro atoms. The minimum Gasteiger partial charge on any atom is -0.478 e. The monoisotopic (exact) mass is 240 g/mol. The van der Waals surface area contributed by atoms with Crippen molar-refractivity contribution in [1.82, 2.24) is 9.80 Å². The third-order valence-electron chi connectivity index (χ3n) is 2.65. The highest BCUT2D eigenvalue weighted by molar-refractivity contribution is 6.35. The van der Waals surface area contributed by atoms with Gasteiger partial charge in [0, 0.05) is 24.7 Å².